The summed E-state index contributed by atoms with van der Waals surface area (Å²) in [5.41, 5.74) is 12.3. The van der Waals surface area contributed by atoms with Crippen LogP contribution in [0.2, 0.25) is 0 Å². The van der Waals surface area contributed by atoms with Gasteiger partial charge in [-0.1, -0.05) is 48.5 Å². The summed E-state index contributed by atoms with van der Waals surface area (Å²) in [6, 6.07) is 17.8. The number of nitrogens with zero attached hydrogens (tertiary/aromatic N) is 3. The molecule has 8 N–H and O–H groups in total. The first-order valence-corrected chi connectivity index (χ1v) is 19.6. The molecular formula is C42H52FN7O10. The van der Waals surface area contributed by atoms with Crippen LogP contribution in [0.3, 0.4) is 0 Å². The van der Waals surface area contributed by atoms with Gasteiger partial charge in [-0.3, -0.25) is 19.2 Å². The molecule has 2 aliphatic heterocycles. The van der Waals surface area contributed by atoms with Crippen LogP contribution in [0.5, 0.6) is 0 Å². The van der Waals surface area contributed by atoms with Gasteiger partial charge in [-0.05, 0) is 85.0 Å². The summed E-state index contributed by atoms with van der Waals surface area (Å²) < 4.78 is 23.4. The highest BCUT2D eigenvalue weighted by Crippen LogP contribution is 2.41. The Morgan fingerprint density at radius 1 is 0.683 bits per heavy atom. The number of methoxy groups -OCH3 is 2. The van der Waals surface area contributed by atoms with Gasteiger partial charge in [0.2, 0.25) is 23.6 Å². The van der Waals surface area contributed by atoms with Crippen LogP contribution in [-0.2, 0) is 52.8 Å². The number of hydrogen-bond acceptors (Lipinski definition) is 11. The number of ether oxygens (including phenoxy) is 2. The second kappa shape index (κ2) is 19.7. The van der Waals surface area contributed by atoms with Crippen molar-refractivity contribution in [2.75, 3.05) is 45.4 Å². The van der Waals surface area contributed by atoms with E-state index in [4.69, 9.17) is 11.5 Å². The Morgan fingerprint density at radius 2 is 1.07 bits per heavy atom. The molecule has 0 radical (unpaired) electrons. The van der Waals surface area contributed by atoms with E-state index < -0.39 is 78.0 Å². The number of hydrogen-bond donors (Lipinski definition) is 6. The topological polar surface area (TPSA) is 247 Å². The molecule has 6 amide bonds. The average molecular weight is 834 g/mol. The minimum atomic E-state index is -1.51. The van der Waals surface area contributed by atoms with Gasteiger partial charge in [0.05, 0.1) is 14.2 Å². The van der Waals surface area contributed by atoms with Gasteiger partial charge < -0.3 is 56.5 Å². The second-order valence-corrected chi connectivity index (χ2v) is 14.8. The van der Waals surface area contributed by atoms with Gasteiger partial charge in [-0.2, -0.15) is 0 Å². The molecule has 4 atom stereocenters. The van der Waals surface area contributed by atoms with Crippen molar-refractivity contribution in [1.82, 2.24) is 20.4 Å². The lowest BCUT2D eigenvalue weighted by Gasteiger charge is -2.38. The molecule has 2 fully saturated rings. The van der Waals surface area contributed by atoms with Crippen molar-refractivity contribution < 1.29 is 52.8 Å². The number of primary amides is 2. The third-order valence-electron chi connectivity index (χ3n) is 11.3. The molecule has 0 aromatic heterocycles. The molecule has 2 heterocycles. The van der Waals surface area contributed by atoms with Crippen molar-refractivity contribution >= 4 is 41.5 Å². The van der Waals surface area contributed by atoms with Crippen molar-refractivity contribution in [3.05, 3.63) is 101 Å². The number of alkyl carbamates (subject to hydrolysis) is 2. The van der Waals surface area contributed by atoms with Crippen LogP contribution in [0, 0.1) is 5.82 Å². The Balaban J connectivity index is 1.41. The summed E-state index contributed by atoms with van der Waals surface area (Å²) in [6.07, 6.45) is -0.528. The van der Waals surface area contributed by atoms with E-state index in [2.05, 4.69) is 20.1 Å². The quantitative estimate of drug-likeness (QED) is 0.115. The normalized spacial score (nSPS) is 19.6. The van der Waals surface area contributed by atoms with Crippen molar-refractivity contribution in [2.45, 2.75) is 74.8 Å². The molecule has 18 heteroatoms. The van der Waals surface area contributed by atoms with E-state index in [-0.39, 0.29) is 38.8 Å². The number of anilines is 1. The summed E-state index contributed by atoms with van der Waals surface area (Å²) in [6.45, 7) is 0.204. The molecule has 0 bridgehead atoms. The molecule has 3 aromatic rings. The monoisotopic (exact) mass is 833 g/mol. The van der Waals surface area contributed by atoms with Gasteiger partial charge in [0.1, 0.15) is 29.0 Å². The zero-order valence-electron chi connectivity index (χ0n) is 33.6. The summed E-state index contributed by atoms with van der Waals surface area (Å²) in [4.78, 5) is 82.8. The minimum absolute atomic E-state index is 0.105. The van der Waals surface area contributed by atoms with Crippen LogP contribution >= 0.6 is 0 Å². The van der Waals surface area contributed by atoms with E-state index in [1.807, 2.05) is 4.90 Å². The van der Waals surface area contributed by atoms with Crippen LogP contribution in [0.1, 0.15) is 60.8 Å². The zero-order chi connectivity index (χ0) is 43.6. The third kappa shape index (κ3) is 9.29. The van der Waals surface area contributed by atoms with Crippen LogP contribution in [0.4, 0.5) is 19.7 Å². The molecule has 60 heavy (non-hydrogen) atoms. The highest BCUT2D eigenvalue weighted by atomic mass is 19.1. The van der Waals surface area contributed by atoms with Crippen molar-refractivity contribution in [3.8, 4) is 0 Å². The highest BCUT2D eigenvalue weighted by Gasteiger charge is 2.52. The lowest BCUT2D eigenvalue weighted by atomic mass is 9.85. The van der Waals surface area contributed by atoms with Crippen molar-refractivity contribution in [1.29, 1.82) is 0 Å². The van der Waals surface area contributed by atoms with Crippen LogP contribution in [0.15, 0.2) is 72.8 Å². The number of halogens is 1. The lowest BCUT2D eigenvalue weighted by Crippen LogP contribution is -2.58. The first kappa shape index (κ1) is 44.8. The number of nitrogens with one attached hydrogen (secondary N) is 2. The maximum atomic E-state index is 14.1. The number of nitrogens with two attached hydrogens (primary N) is 2. The Morgan fingerprint density at radius 3 is 1.40 bits per heavy atom. The van der Waals surface area contributed by atoms with Gasteiger partial charge in [-0.15, -0.1) is 0 Å². The number of carbonyl (C=O) groups excluding carboxylic acids is 6. The van der Waals surface area contributed by atoms with Crippen LogP contribution in [-0.4, -0.2) is 108 Å². The highest BCUT2D eigenvalue weighted by molar-refractivity contribution is 5.96. The third-order valence-corrected chi connectivity index (χ3v) is 11.3. The number of rotatable bonds is 17. The Labute approximate surface area is 346 Å². The number of benzene rings is 3. The fraction of sp³-hybridized carbons (Fsp3) is 0.429. The lowest BCUT2D eigenvalue weighted by molar-refractivity contribution is -0.146. The second-order valence-electron chi connectivity index (χ2n) is 14.8. The Kier molecular flexibility index (Phi) is 14.7. The van der Waals surface area contributed by atoms with Crippen LogP contribution < -0.4 is 27.0 Å². The standard InChI is InChI=1S/C42H52FN7O10/c1-59-39(57)46-33(17-23-51)35(53)49-21-3-19-41(49,37(44)55)29-9-5-27(6-10-29)25-48(32-15-13-31(43)14-16-32)26-28-7-11-30(12-8-28)42(38(45)56)20-4-22-50(42)36(54)34(18-24-52)47-40(58)60-2/h5-16,33-34,51-52H,3-4,17-26H2,1-2H3,(H2,44,55)(H2,45,56)(H,46,57)(H,47,58)/t33-,34-,41-,42-/m0/s1. The summed E-state index contributed by atoms with van der Waals surface area (Å²) >= 11 is 0. The van der Waals surface area contributed by atoms with E-state index >= 15 is 0 Å². The summed E-state index contributed by atoms with van der Waals surface area (Å²) in [7, 11) is 2.30. The molecule has 2 saturated heterocycles. The van der Waals surface area contributed by atoms with Crippen molar-refractivity contribution in [2.24, 2.45) is 11.5 Å². The van der Waals surface area contributed by atoms with E-state index in [0.717, 1.165) is 25.3 Å². The van der Waals surface area contributed by atoms with Gasteiger partial charge in [0.15, 0.2) is 0 Å². The molecule has 2 aliphatic rings. The maximum absolute atomic E-state index is 14.1. The predicted octanol–water partition coefficient (Wildman–Crippen LogP) is 1.85. The first-order chi connectivity index (χ1) is 28.7. The minimum Gasteiger partial charge on any atom is -0.453 e. The fourth-order valence-corrected chi connectivity index (χ4v) is 8.29. The van der Waals surface area contributed by atoms with E-state index in [1.54, 1.807) is 60.7 Å². The summed E-state index contributed by atoms with van der Waals surface area (Å²) in [5, 5.41) is 24.1. The van der Waals surface area contributed by atoms with Gasteiger partial charge in [0, 0.05) is 45.1 Å². The van der Waals surface area contributed by atoms with E-state index in [0.29, 0.717) is 42.7 Å². The molecule has 0 saturated carbocycles. The average Bonchev–Trinajstić information content (AvgIpc) is 3.91. The molecule has 322 valence electrons. The van der Waals surface area contributed by atoms with Crippen molar-refractivity contribution in [3.63, 3.8) is 0 Å². The molecule has 17 nitrogen and oxygen atoms in total. The first-order valence-electron chi connectivity index (χ1n) is 19.6. The number of amides is 6. The molecular weight excluding hydrogens is 781 g/mol. The number of likely N-dealkylation sites (tertiary alicyclic amines) is 2. The van der Waals surface area contributed by atoms with Gasteiger partial charge in [-0.25, -0.2) is 14.0 Å². The molecule has 3 aromatic carbocycles. The van der Waals surface area contributed by atoms with E-state index in [1.165, 1.54) is 21.9 Å². The maximum Gasteiger partial charge on any atom is 0.407 e. The number of aliphatic hydroxyl groups is 2. The molecule has 0 spiro atoms. The fourth-order valence-electron chi connectivity index (χ4n) is 8.29. The Hall–Kier alpha value is -6.27. The van der Waals surface area contributed by atoms with E-state index in [9.17, 15) is 43.4 Å². The zero-order valence-corrected chi connectivity index (χ0v) is 33.6. The van der Waals surface area contributed by atoms with Gasteiger partial charge >= 0.3 is 12.2 Å². The molecule has 5 rings (SSSR count). The largest absolute Gasteiger partial charge is 0.453 e. The number of aliphatic hydroxyl groups excluding tert-OH is 2. The number of carbonyl (C=O) groups is 6. The molecule has 0 aliphatic carbocycles. The van der Waals surface area contributed by atoms with Crippen LogP contribution in [0.25, 0.3) is 0 Å². The SMILES string of the molecule is COC(=O)N[C@@H](CCO)C(=O)N1CCC[C@@]1(C(N)=O)c1ccc(CN(Cc2ccc([C@]3(C(N)=O)CCCN3C(=O)[C@H](CCO)NC(=O)OC)cc2)c2ccc(F)cc2)cc1. The smallest absolute Gasteiger partial charge is 0.407 e. The van der Waals surface area contributed by atoms with Gasteiger partial charge in [0.25, 0.3) is 0 Å². The molecule has 0 unspecified atom stereocenters. The Bertz CT molecular complexity index is 1900. The summed E-state index contributed by atoms with van der Waals surface area (Å²) in [5.74, 6) is -3.08. The predicted molar refractivity (Wildman–Crippen MR) is 215 cm³/mol.